The number of anilines is 1. The molecule has 0 radical (unpaired) electrons. The molecule has 7 heteroatoms. The van der Waals surface area contributed by atoms with Gasteiger partial charge in [0.15, 0.2) is 0 Å². The van der Waals surface area contributed by atoms with Gasteiger partial charge in [-0.25, -0.2) is 5.01 Å². The second kappa shape index (κ2) is 7.00. The zero-order valence-electron chi connectivity index (χ0n) is 14.3. The van der Waals surface area contributed by atoms with Crippen LogP contribution >= 0.6 is 0 Å². The highest BCUT2D eigenvalue weighted by atomic mass is 16.2. The van der Waals surface area contributed by atoms with Crippen LogP contribution in [0.1, 0.15) is 37.0 Å². The van der Waals surface area contributed by atoms with E-state index in [1.54, 1.807) is 36.2 Å². The van der Waals surface area contributed by atoms with Crippen molar-refractivity contribution in [2.45, 2.75) is 26.7 Å². The minimum atomic E-state index is -0.196. The topological polar surface area (TPSA) is 95.7 Å². The van der Waals surface area contributed by atoms with Crippen LogP contribution in [0.3, 0.4) is 0 Å². The summed E-state index contributed by atoms with van der Waals surface area (Å²) in [6.45, 7) is 5.04. The summed E-state index contributed by atoms with van der Waals surface area (Å²) in [5.41, 5.74) is 9.14. The van der Waals surface area contributed by atoms with Gasteiger partial charge in [0.25, 0.3) is 5.91 Å². The van der Waals surface area contributed by atoms with Crippen molar-refractivity contribution < 1.29 is 14.4 Å². The molecule has 130 valence electrons. The third-order valence-electron chi connectivity index (χ3n) is 3.99. The van der Waals surface area contributed by atoms with Crippen molar-refractivity contribution in [3.8, 4) is 0 Å². The zero-order valence-corrected chi connectivity index (χ0v) is 14.3. The number of nitrogens with one attached hydrogen (secondary N) is 1. The largest absolute Gasteiger partial charge is 0.341 e. The molecule has 3 amide bonds. The summed E-state index contributed by atoms with van der Waals surface area (Å²) in [4.78, 5) is 37.4. The van der Waals surface area contributed by atoms with E-state index >= 15 is 0 Å². The molecular weight excluding hydrogens is 308 g/mol. The van der Waals surface area contributed by atoms with E-state index in [1.165, 1.54) is 5.01 Å². The van der Waals surface area contributed by atoms with E-state index in [0.29, 0.717) is 24.3 Å². The Morgan fingerprint density at radius 3 is 2.46 bits per heavy atom. The number of amides is 3. The Morgan fingerprint density at radius 1 is 1.25 bits per heavy atom. The van der Waals surface area contributed by atoms with Crippen LogP contribution in [0.15, 0.2) is 24.3 Å². The number of carbonyl (C=O) groups is 3. The highest BCUT2D eigenvalue weighted by molar-refractivity contribution is 6.01. The van der Waals surface area contributed by atoms with Crippen LogP contribution in [0.5, 0.6) is 0 Å². The van der Waals surface area contributed by atoms with E-state index < -0.39 is 0 Å². The average Bonchev–Trinajstić information content (AvgIpc) is 2.56. The van der Waals surface area contributed by atoms with Gasteiger partial charge in [0, 0.05) is 32.0 Å². The van der Waals surface area contributed by atoms with Crippen LogP contribution in [-0.2, 0) is 9.59 Å². The second-order valence-electron chi connectivity index (χ2n) is 6.84. The Bertz CT molecular complexity index is 640. The average molecular weight is 332 g/mol. The fraction of sp³-hybridized carbons (Fsp3) is 0.471. The first-order valence-electron chi connectivity index (χ1n) is 7.91. The van der Waals surface area contributed by atoms with Crippen molar-refractivity contribution in [1.82, 2.24) is 10.3 Å². The molecule has 0 unspecified atom stereocenters. The standard InChI is InChI=1S/C17H24N4O3/c1-17(2,10-18)11-20(3)16(24)12-4-6-13(7-5-12)21-15(23)9-8-14(22)19-21/h4-7H,8-11,18H2,1-3H3,(H,19,22). The van der Waals surface area contributed by atoms with Crippen molar-refractivity contribution >= 4 is 23.4 Å². The molecule has 1 aromatic rings. The number of nitrogens with two attached hydrogens (primary N) is 1. The molecule has 1 aromatic carbocycles. The molecule has 3 N–H and O–H groups in total. The smallest absolute Gasteiger partial charge is 0.253 e. The summed E-state index contributed by atoms with van der Waals surface area (Å²) < 4.78 is 0. The van der Waals surface area contributed by atoms with Gasteiger partial charge in [-0.05, 0) is 36.2 Å². The number of hydrogen-bond acceptors (Lipinski definition) is 4. The van der Waals surface area contributed by atoms with E-state index in [9.17, 15) is 14.4 Å². The lowest BCUT2D eigenvalue weighted by molar-refractivity contribution is -0.130. The summed E-state index contributed by atoms with van der Waals surface area (Å²) >= 11 is 0. The molecule has 0 saturated carbocycles. The number of carbonyl (C=O) groups excluding carboxylic acids is 3. The molecule has 7 nitrogen and oxygen atoms in total. The number of nitrogens with zero attached hydrogens (tertiary/aromatic N) is 2. The van der Waals surface area contributed by atoms with E-state index in [4.69, 9.17) is 5.73 Å². The quantitative estimate of drug-likeness (QED) is 0.837. The number of rotatable bonds is 5. The Balaban J connectivity index is 2.10. The first-order valence-corrected chi connectivity index (χ1v) is 7.91. The summed E-state index contributed by atoms with van der Waals surface area (Å²) in [5, 5.41) is 1.22. The molecule has 0 atom stereocenters. The van der Waals surface area contributed by atoms with Gasteiger partial charge >= 0.3 is 0 Å². The van der Waals surface area contributed by atoms with Crippen LogP contribution in [0.4, 0.5) is 5.69 Å². The van der Waals surface area contributed by atoms with Crippen molar-refractivity contribution in [2.24, 2.45) is 11.1 Å². The van der Waals surface area contributed by atoms with Gasteiger partial charge in [0.05, 0.1) is 5.69 Å². The van der Waals surface area contributed by atoms with E-state index in [2.05, 4.69) is 5.43 Å². The molecule has 0 bridgehead atoms. The predicted molar refractivity (Wildman–Crippen MR) is 91.1 cm³/mol. The Kier molecular flexibility index (Phi) is 5.23. The van der Waals surface area contributed by atoms with Gasteiger partial charge in [-0.15, -0.1) is 0 Å². The van der Waals surface area contributed by atoms with Crippen LogP contribution in [0.25, 0.3) is 0 Å². The van der Waals surface area contributed by atoms with Gasteiger partial charge in [0.1, 0.15) is 0 Å². The lowest BCUT2D eigenvalue weighted by atomic mass is 9.93. The lowest BCUT2D eigenvalue weighted by Gasteiger charge is -2.29. The molecular formula is C17H24N4O3. The van der Waals surface area contributed by atoms with Crippen molar-refractivity contribution in [1.29, 1.82) is 0 Å². The molecule has 0 aromatic heterocycles. The maximum absolute atomic E-state index is 12.5. The molecule has 0 spiro atoms. The van der Waals surface area contributed by atoms with Crippen molar-refractivity contribution in [2.75, 3.05) is 25.1 Å². The van der Waals surface area contributed by atoms with Crippen molar-refractivity contribution in [3.63, 3.8) is 0 Å². The maximum atomic E-state index is 12.5. The first-order chi connectivity index (χ1) is 11.2. The first kappa shape index (κ1) is 17.9. The highest BCUT2D eigenvalue weighted by Gasteiger charge is 2.25. The molecule has 2 rings (SSSR count). The van der Waals surface area contributed by atoms with Crippen LogP contribution in [-0.4, -0.2) is 42.8 Å². The molecule has 1 saturated heterocycles. The van der Waals surface area contributed by atoms with E-state index in [-0.39, 0.29) is 36.0 Å². The lowest BCUT2D eigenvalue weighted by Crippen LogP contribution is -2.50. The van der Waals surface area contributed by atoms with Gasteiger partial charge in [0.2, 0.25) is 11.8 Å². The molecule has 24 heavy (non-hydrogen) atoms. The predicted octanol–water partition coefficient (Wildman–Crippen LogP) is 0.901. The van der Waals surface area contributed by atoms with E-state index in [0.717, 1.165) is 0 Å². The van der Waals surface area contributed by atoms with Gasteiger partial charge in [-0.3, -0.25) is 19.8 Å². The summed E-state index contributed by atoms with van der Waals surface area (Å²) in [7, 11) is 1.74. The van der Waals surface area contributed by atoms with Crippen LogP contribution in [0.2, 0.25) is 0 Å². The molecule has 1 aliphatic heterocycles. The monoisotopic (exact) mass is 332 g/mol. The zero-order chi connectivity index (χ0) is 17.9. The second-order valence-corrected chi connectivity index (χ2v) is 6.84. The normalized spacial score (nSPS) is 15.2. The molecule has 1 fully saturated rings. The minimum Gasteiger partial charge on any atom is -0.341 e. The summed E-state index contributed by atoms with van der Waals surface area (Å²) in [6.07, 6.45) is 0.386. The number of benzene rings is 1. The van der Waals surface area contributed by atoms with Gasteiger partial charge in [-0.2, -0.15) is 0 Å². The summed E-state index contributed by atoms with van der Waals surface area (Å²) in [6, 6.07) is 6.60. The molecule has 0 aliphatic carbocycles. The fourth-order valence-electron chi connectivity index (χ4n) is 2.54. The van der Waals surface area contributed by atoms with E-state index in [1.807, 2.05) is 13.8 Å². The third kappa shape index (κ3) is 4.11. The number of hydrogen-bond donors (Lipinski definition) is 2. The van der Waals surface area contributed by atoms with Crippen molar-refractivity contribution in [3.05, 3.63) is 29.8 Å². The Hall–Kier alpha value is -2.41. The Labute approximate surface area is 141 Å². The highest BCUT2D eigenvalue weighted by Crippen LogP contribution is 2.20. The maximum Gasteiger partial charge on any atom is 0.253 e. The third-order valence-corrected chi connectivity index (χ3v) is 3.99. The van der Waals surface area contributed by atoms with Gasteiger partial charge < -0.3 is 10.6 Å². The van der Waals surface area contributed by atoms with Crippen LogP contribution in [0, 0.1) is 5.41 Å². The Morgan fingerprint density at radius 2 is 1.88 bits per heavy atom. The van der Waals surface area contributed by atoms with Gasteiger partial charge in [-0.1, -0.05) is 13.8 Å². The minimum absolute atomic E-state index is 0.114. The molecule has 1 aliphatic rings. The summed E-state index contributed by atoms with van der Waals surface area (Å²) in [5.74, 6) is -0.480. The fourth-order valence-corrected chi connectivity index (χ4v) is 2.54. The SMILES string of the molecule is CN(CC(C)(C)CN)C(=O)c1ccc(N2NC(=O)CCC2=O)cc1. The van der Waals surface area contributed by atoms with Crippen LogP contribution < -0.4 is 16.2 Å². The number of hydrazine groups is 1. The molecule has 1 heterocycles.